The highest BCUT2D eigenvalue weighted by Gasteiger charge is 2.40. The molecule has 1 heterocycles. The van der Waals surface area contributed by atoms with Crippen LogP contribution in [-0.4, -0.2) is 25.9 Å². The van der Waals surface area contributed by atoms with Gasteiger partial charge in [0.05, 0.1) is 20.7 Å². The van der Waals surface area contributed by atoms with Crippen LogP contribution in [0.3, 0.4) is 0 Å². The quantitative estimate of drug-likeness (QED) is 0.513. The van der Waals surface area contributed by atoms with E-state index in [1.807, 2.05) is 24.3 Å². The Morgan fingerprint density at radius 3 is 2.38 bits per heavy atom. The summed E-state index contributed by atoms with van der Waals surface area (Å²) in [6, 6.07) is 18.7. The van der Waals surface area contributed by atoms with E-state index in [0.717, 1.165) is 17.5 Å². The summed E-state index contributed by atoms with van der Waals surface area (Å²) in [5.41, 5.74) is 2.58. The molecule has 1 aliphatic heterocycles. The normalized spacial score (nSPS) is 16.9. The lowest BCUT2D eigenvalue weighted by molar-refractivity contribution is -0.118. The SMILES string of the molecule is O=C(Nc1cccc(CCc2ccc(Cl)c(Cl)c2)c1)C1CS(=O)(=O)c2ccccc2C1=O. The summed E-state index contributed by atoms with van der Waals surface area (Å²) in [5.74, 6) is -2.93. The van der Waals surface area contributed by atoms with Crippen LogP contribution in [0.1, 0.15) is 21.5 Å². The number of carbonyl (C=O) groups is 2. The van der Waals surface area contributed by atoms with E-state index < -0.39 is 33.2 Å². The van der Waals surface area contributed by atoms with Crippen LogP contribution < -0.4 is 5.32 Å². The number of fused-ring (bicyclic) bond motifs is 1. The molecule has 164 valence electrons. The zero-order valence-corrected chi connectivity index (χ0v) is 19.2. The Bertz CT molecular complexity index is 1320. The van der Waals surface area contributed by atoms with E-state index in [0.29, 0.717) is 22.2 Å². The third kappa shape index (κ3) is 4.72. The second kappa shape index (κ2) is 9.06. The van der Waals surface area contributed by atoms with E-state index in [2.05, 4.69) is 5.32 Å². The van der Waals surface area contributed by atoms with E-state index >= 15 is 0 Å². The van der Waals surface area contributed by atoms with E-state index in [4.69, 9.17) is 23.2 Å². The molecule has 3 aromatic carbocycles. The fourth-order valence-electron chi connectivity index (χ4n) is 3.73. The number of hydrogen-bond acceptors (Lipinski definition) is 4. The maximum Gasteiger partial charge on any atom is 0.236 e. The summed E-state index contributed by atoms with van der Waals surface area (Å²) < 4.78 is 25.1. The molecule has 4 rings (SSSR count). The van der Waals surface area contributed by atoms with Gasteiger partial charge in [-0.1, -0.05) is 59.6 Å². The van der Waals surface area contributed by atoms with Gasteiger partial charge in [0.25, 0.3) is 0 Å². The molecule has 32 heavy (non-hydrogen) atoms. The van der Waals surface area contributed by atoms with Gasteiger partial charge in [-0.05, 0) is 54.3 Å². The number of ketones is 1. The lowest BCUT2D eigenvalue weighted by atomic mass is 9.97. The minimum absolute atomic E-state index is 0.0154. The van der Waals surface area contributed by atoms with E-state index in [9.17, 15) is 18.0 Å². The number of hydrogen-bond donors (Lipinski definition) is 1. The van der Waals surface area contributed by atoms with E-state index in [1.54, 1.807) is 30.3 Å². The minimum atomic E-state index is -3.72. The summed E-state index contributed by atoms with van der Waals surface area (Å²) in [6.45, 7) is 0. The first-order valence-electron chi connectivity index (χ1n) is 9.94. The minimum Gasteiger partial charge on any atom is -0.325 e. The molecule has 0 aliphatic carbocycles. The van der Waals surface area contributed by atoms with Crippen molar-refractivity contribution in [2.45, 2.75) is 17.7 Å². The molecule has 0 bridgehead atoms. The Balaban J connectivity index is 1.47. The molecular formula is C24H19Cl2NO4S. The van der Waals surface area contributed by atoms with Crippen LogP contribution in [0.15, 0.2) is 71.6 Å². The molecule has 0 fully saturated rings. The molecule has 1 atom stereocenters. The molecule has 1 amide bonds. The lowest BCUT2D eigenvalue weighted by Gasteiger charge is -2.22. The maximum absolute atomic E-state index is 12.8. The van der Waals surface area contributed by atoms with Crippen molar-refractivity contribution in [2.24, 2.45) is 5.92 Å². The van der Waals surface area contributed by atoms with Gasteiger partial charge < -0.3 is 5.32 Å². The fourth-order valence-corrected chi connectivity index (χ4v) is 5.76. The number of sulfone groups is 1. The summed E-state index contributed by atoms with van der Waals surface area (Å²) in [4.78, 5) is 25.6. The number of anilines is 1. The molecule has 1 unspecified atom stereocenters. The van der Waals surface area contributed by atoms with Crippen LogP contribution in [0.4, 0.5) is 5.69 Å². The Kier molecular flexibility index (Phi) is 6.38. The van der Waals surface area contributed by atoms with E-state index in [1.165, 1.54) is 12.1 Å². The molecule has 0 radical (unpaired) electrons. The highest BCUT2D eigenvalue weighted by atomic mass is 35.5. The Morgan fingerprint density at radius 1 is 0.906 bits per heavy atom. The monoisotopic (exact) mass is 487 g/mol. The number of Topliss-reactive ketones (excluding diaryl/α,β-unsaturated/α-hetero) is 1. The summed E-state index contributed by atoms with van der Waals surface area (Å²) >= 11 is 12.0. The average molecular weight is 488 g/mol. The molecule has 0 saturated heterocycles. The van der Waals surface area contributed by atoms with Gasteiger partial charge in [-0.25, -0.2) is 8.42 Å². The van der Waals surface area contributed by atoms with Gasteiger partial charge in [0.15, 0.2) is 15.6 Å². The first kappa shape index (κ1) is 22.5. The number of aryl methyl sites for hydroxylation is 2. The largest absolute Gasteiger partial charge is 0.325 e. The molecule has 8 heteroatoms. The first-order valence-corrected chi connectivity index (χ1v) is 12.3. The molecule has 0 saturated carbocycles. The van der Waals surface area contributed by atoms with Crippen molar-refractivity contribution >= 4 is 50.4 Å². The lowest BCUT2D eigenvalue weighted by Crippen LogP contribution is -2.39. The number of benzene rings is 3. The Morgan fingerprint density at radius 2 is 1.62 bits per heavy atom. The van der Waals surface area contributed by atoms with Crippen molar-refractivity contribution in [3.05, 3.63) is 93.5 Å². The van der Waals surface area contributed by atoms with Crippen LogP contribution in [0.2, 0.25) is 10.0 Å². The summed E-state index contributed by atoms with van der Waals surface area (Å²) in [5, 5.41) is 3.70. The number of nitrogens with one attached hydrogen (secondary N) is 1. The number of carbonyl (C=O) groups excluding carboxylic acids is 2. The van der Waals surface area contributed by atoms with E-state index in [-0.39, 0.29) is 10.5 Å². The highest BCUT2D eigenvalue weighted by Crippen LogP contribution is 2.29. The standard InChI is InChI=1S/C24H19Cl2NO4S/c25-20-11-10-16(13-21(20)26)9-8-15-4-3-5-17(12-15)27-24(29)19-14-32(30,31)22-7-2-1-6-18(22)23(19)28/h1-7,10-13,19H,8-9,14H2,(H,27,29). The second-order valence-corrected chi connectivity index (χ2v) is 10.4. The van der Waals surface area contributed by atoms with Crippen molar-refractivity contribution in [1.82, 2.24) is 0 Å². The number of rotatable bonds is 5. The maximum atomic E-state index is 12.8. The summed E-state index contributed by atoms with van der Waals surface area (Å²) in [7, 11) is -3.72. The third-order valence-electron chi connectivity index (χ3n) is 5.39. The van der Waals surface area contributed by atoms with Crippen LogP contribution in [0, 0.1) is 5.92 Å². The van der Waals surface area contributed by atoms with Crippen LogP contribution >= 0.6 is 23.2 Å². The second-order valence-electron chi connectivity index (χ2n) is 7.63. The van der Waals surface area contributed by atoms with Gasteiger partial charge in [0.2, 0.25) is 5.91 Å². The molecule has 1 N–H and O–H groups in total. The van der Waals surface area contributed by atoms with Crippen molar-refractivity contribution in [3.63, 3.8) is 0 Å². The third-order valence-corrected chi connectivity index (χ3v) is 7.92. The van der Waals surface area contributed by atoms with Gasteiger partial charge in [-0.15, -0.1) is 0 Å². The zero-order valence-electron chi connectivity index (χ0n) is 16.8. The van der Waals surface area contributed by atoms with Gasteiger partial charge in [0.1, 0.15) is 5.92 Å². The van der Waals surface area contributed by atoms with Crippen LogP contribution in [0.5, 0.6) is 0 Å². The molecule has 1 aliphatic rings. The topological polar surface area (TPSA) is 80.3 Å². The van der Waals surface area contributed by atoms with Crippen molar-refractivity contribution in [3.8, 4) is 0 Å². The smallest absolute Gasteiger partial charge is 0.236 e. The molecule has 5 nitrogen and oxygen atoms in total. The zero-order chi connectivity index (χ0) is 22.9. The predicted molar refractivity (Wildman–Crippen MR) is 125 cm³/mol. The number of amides is 1. The van der Waals surface area contributed by atoms with Gasteiger partial charge in [0, 0.05) is 11.3 Å². The van der Waals surface area contributed by atoms with Gasteiger partial charge >= 0.3 is 0 Å². The number of halogens is 2. The molecular weight excluding hydrogens is 469 g/mol. The highest BCUT2D eigenvalue weighted by molar-refractivity contribution is 7.91. The summed E-state index contributed by atoms with van der Waals surface area (Å²) in [6.07, 6.45) is 1.43. The van der Waals surface area contributed by atoms with Crippen molar-refractivity contribution in [1.29, 1.82) is 0 Å². The molecule has 0 aromatic heterocycles. The Hall–Kier alpha value is -2.67. The van der Waals surface area contributed by atoms with Crippen molar-refractivity contribution in [2.75, 3.05) is 11.1 Å². The van der Waals surface area contributed by atoms with Gasteiger partial charge in [-0.3, -0.25) is 9.59 Å². The first-order chi connectivity index (χ1) is 15.2. The molecule has 0 spiro atoms. The van der Waals surface area contributed by atoms with Crippen molar-refractivity contribution < 1.29 is 18.0 Å². The fraction of sp³-hybridized carbons (Fsp3) is 0.167. The average Bonchev–Trinajstić information content (AvgIpc) is 2.77. The predicted octanol–water partition coefficient (Wildman–Crippen LogP) is 5.00. The van der Waals surface area contributed by atoms with Crippen LogP contribution in [0.25, 0.3) is 0 Å². The molecule has 3 aromatic rings. The Labute approximate surface area is 196 Å². The van der Waals surface area contributed by atoms with Crippen LogP contribution in [-0.2, 0) is 27.5 Å². The van der Waals surface area contributed by atoms with Gasteiger partial charge in [-0.2, -0.15) is 0 Å².